The van der Waals surface area contributed by atoms with Crippen LogP contribution in [0.1, 0.15) is 46.5 Å². The molecular weight excluding hydrogens is 192 g/mol. The van der Waals surface area contributed by atoms with Crippen molar-refractivity contribution in [1.29, 1.82) is 0 Å². The number of carbonyl (C=O) groups excluding carboxylic acids is 1. The van der Waals surface area contributed by atoms with Gasteiger partial charge in [-0.15, -0.1) is 0 Å². The average Bonchev–Trinajstić information content (AvgIpc) is 2.20. The van der Waals surface area contributed by atoms with Crippen molar-refractivity contribution in [3.63, 3.8) is 0 Å². The van der Waals surface area contributed by atoms with Crippen molar-refractivity contribution in [2.24, 2.45) is 11.8 Å². The Bertz CT molecular complexity index is 172. The Morgan fingerprint density at radius 3 is 2.53 bits per heavy atom. The number of rotatable bonds is 8. The van der Waals surface area contributed by atoms with Gasteiger partial charge in [0.25, 0.3) is 0 Å². The first kappa shape index (κ1) is 14.4. The first-order valence-electron chi connectivity index (χ1n) is 5.67. The van der Waals surface area contributed by atoms with Crippen molar-refractivity contribution < 1.29 is 9.53 Å². The molecule has 0 aromatic carbocycles. The van der Waals surface area contributed by atoms with Gasteiger partial charge in [-0.25, -0.2) is 5.84 Å². The molecule has 0 bridgehead atoms. The van der Waals surface area contributed by atoms with E-state index in [0.29, 0.717) is 6.42 Å². The van der Waals surface area contributed by atoms with Crippen LogP contribution in [0.2, 0.25) is 0 Å². The van der Waals surface area contributed by atoms with Gasteiger partial charge in [0, 0.05) is 13.0 Å². The minimum absolute atomic E-state index is 0.132. The summed E-state index contributed by atoms with van der Waals surface area (Å²) in [5, 5.41) is 0. The van der Waals surface area contributed by atoms with Gasteiger partial charge in [-0.05, 0) is 32.1 Å². The molecule has 0 heterocycles. The van der Waals surface area contributed by atoms with E-state index >= 15 is 0 Å². The van der Waals surface area contributed by atoms with Crippen LogP contribution in [0, 0.1) is 5.92 Å². The normalized spacial score (nSPS) is 12.9. The molecule has 1 atom stereocenters. The smallest absolute Gasteiger partial charge is 0.233 e. The molecule has 0 aliphatic carbocycles. The van der Waals surface area contributed by atoms with E-state index in [1.807, 2.05) is 6.92 Å². The summed E-state index contributed by atoms with van der Waals surface area (Å²) in [5.41, 5.74) is 2.11. The quantitative estimate of drug-likeness (QED) is 0.280. The lowest BCUT2D eigenvalue weighted by molar-refractivity contribution is -0.121. The molecule has 4 heteroatoms. The lowest BCUT2D eigenvalue weighted by Crippen LogP contribution is -2.30. The van der Waals surface area contributed by atoms with Crippen molar-refractivity contribution in [2.75, 3.05) is 6.61 Å². The van der Waals surface area contributed by atoms with Crippen LogP contribution in [0.25, 0.3) is 0 Å². The summed E-state index contributed by atoms with van der Waals surface area (Å²) in [7, 11) is 0. The van der Waals surface area contributed by atoms with E-state index in [4.69, 9.17) is 10.6 Å². The first-order chi connectivity index (χ1) is 7.06. The lowest BCUT2D eigenvalue weighted by Gasteiger charge is -2.12. The Morgan fingerprint density at radius 2 is 2.00 bits per heavy atom. The fourth-order valence-electron chi connectivity index (χ4n) is 1.27. The van der Waals surface area contributed by atoms with E-state index < -0.39 is 0 Å². The molecule has 1 amide bonds. The molecule has 0 radical (unpaired) electrons. The van der Waals surface area contributed by atoms with Crippen molar-refractivity contribution in [3.05, 3.63) is 0 Å². The molecule has 0 spiro atoms. The van der Waals surface area contributed by atoms with Crippen LogP contribution >= 0.6 is 0 Å². The molecule has 0 rings (SSSR count). The minimum atomic E-state index is -0.132. The van der Waals surface area contributed by atoms with Crippen LogP contribution in [0.4, 0.5) is 0 Å². The highest BCUT2D eigenvalue weighted by atomic mass is 16.5. The SMILES string of the molecule is CC(C)CCCOC(C)CCC(=O)NN. The van der Waals surface area contributed by atoms with Gasteiger partial charge in [0.2, 0.25) is 5.91 Å². The maximum atomic E-state index is 10.8. The number of hydrogen-bond acceptors (Lipinski definition) is 3. The van der Waals surface area contributed by atoms with E-state index in [2.05, 4.69) is 19.3 Å². The Balaban J connectivity index is 3.33. The summed E-state index contributed by atoms with van der Waals surface area (Å²) in [4.78, 5) is 10.8. The maximum Gasteiger partial charge on any atom is 0.233 e. The summed E-state index contributed by atoms with van der Waals surface area (Å²) >= 11 is 0. The van der Waals surface area contributed by atoms with Gasteiger partial charge in [-0.1, -0.05) is 13.8 Å². The molecule has 90 valence electrons. The number of ether oxygens (including phenoxy) is 1. The highest BCUT2D eigenvalue weighted by Gasteiger charge is 2.05. The van der Waals surface area contributed by atoms with Crippen LogP contribution in [0.5, 0.6) is 0 Å². The van der Waals surface area contributed by atoms with E-state index in [9.17, 15) is 4.79 Å². The zero-order chi connectivity index (χ0) is 11.7. The number of hydrogen-bond donors (Lipinski definition) is 2. The van der Waals surface area contributed by atoms with Gasteiger partial charge in [0.15, 0.2) is 0 Å². The zero-order valence-electron chi connectivity index (χ0n) is 10.1. The van der Waals surface area contributed by atoms with Gasteiger partial charge >= 0.3 is 0 Å². The molecule has 15 heavy (non-hydrogen) atoms. The summed E-state index contributed by atoms with van der Waals surface area (Å²) in [5.74, 6) is 5.57. The Labute approximate surface area is 92.5 Å². The predicted octanol–water partition coefficient (Wildman–Crippen LogP) is 1.60. The predicted molar refractivity (Wildman–Crippen MR) is 61.1 cm³/mol. The highest BCUT2D eigenvalue weighted by molar-refractivity contribution is 5.75. The van der Waals surface area contributed by atoms with Gasteiger partial charge in [0.05, 0.1) is 6.10 Å². The second-order valence-electron chi connectivity index (χ2n) is 4.32. The molecule has 1 unspecified atom stereocenters. The van der Waals surface area contributed by atoms with E-state index in [-0.39, 0.29) is 12.0 Å². The molecular formula is C11H24N2O2. The molecule has 4 nitrogen and oxygen atoms in total. The molecule has 3 N–H and O–H groups in total. The molecule has 0 fully saturated rings. The summed E-state index contributed by atoms with van der Waals surface area (Å²) < 4.78 is 5.57. The van der Waals surface area contributed by atoms with Crippen LogP contribution in [0.3, 0.4) is 0 Å². The number of nitrogens with one attached hydrogen (secondary N) is 1. The third-order valence-corrected chi connectivity index (χ3v) is 2.27. The molecule has 0 aliphatic rings. The molecule has 0 aromatic rings. The van der Waals surface area contributed by atoms with Gasteiger partial charge in [-0.2, -0.15) is 0 Å². The van der Waals surface area contributed by atoms with E-state index in [1.54, 1.807) is 0 Å². The van der Waals surface area contributed by atoms with Crippen molar-refractivity contribution in [1.82, 2.24) is 5.43 Å². The number of carbonyl (C=O) groups is 1. The topological polar surface area (TPSA) is 64.3 Å². The Morgan fingerprint density at radius 1 is 1.33 bits per heavy atom. The maximum absolute atomic E-state index is 10.8. The summed E-state index contributed by atoms with van der Waals surface area (Å²) in [6.07, 6.45) is 3.57. The third kappa shape index (κ3) is 9.69. The lowest BCUT2D eigenvalue weighted by atomic mass is 10.1. The third-order valence-electron chi connectivity index (χ3n) is 2.27. The van der Waals surface area contributed by atoms with Crippen molar-refractivity contribution >= 4 is 5.91 Å². The Kier molecular flexibility index (Phi) is 8.33. The number of hydrazine groups is 1. The Hall–Kier alpha value is -0.610. The number of nitrogens with two attached hydrogens (primary N) is 1. The average molecular weight is 216 g/mol. The van der Waals surface area contributed by atoms with Gasteiger partial charge < -0.3 is 4.74 Å². The second-order valence-corrected chi connectivity index (χ2v) is 4.32. The molecule has 0 aliphatic heterocycles. The van der Waals surface area contributed by atoms with Crippen molar-refractivity contribution in [2.45, 2.75) is 52.6 Å². The van der Waals surface area contributed by atoms with E-state index in [0.717, 1.165) is 25.4 Å². The molecule has 0 saturated heterocycles. The van der Waals surface area contributed by atoms with E-state index in [1.165, 1.54) is 6.42 Å². The fraction of sp³-hybridized carbons (Fsp3) is 0.909. The minimum Gasteiger partial charge on any atom is -0.378 e. The number of amides is 1. The van der Waals surface area contributed by atoms with Gasteiger partial charge in [0.1, 0.15) is 0 Å². The zero-order valence-corrected chi connectivity index (χ0v) is 10.1. The van der Waals surface area contributed by atoms with Gasteiger partial charge in [-0.3, -0.25) is 10.2 Å². The fourth-order valence-corrected chi connectivity index (χ4v) is 1.27. The standard InChI is InChI=1S/C11H24N2O2/c1-9(2)5-4-8-15-10(3)6-7-11(14)13-12/h9-10H,4-8,12H2,1-3H3,(H,13,14). The summed E-state index contributed by atoms with van der Waals surface area (Å²) in [6, 6.07) is 0. The molecule has 0 saturated carbocycles. The van der Waals surface area contributed by atoms with Crippen LogP contribution < -0.4 is 11.3 Å². The van der Waals surface area contributed by atoms with Crippen LogP contribution in [-0.4, -0.2) is 18.6 Å². The van der Waals surface area contributed by atoms with Crippen LogP contribution in [0.15, 0.2) is 0 Å². The molecule has 0 aromatic heterocycles. The largest absolute Gasteiger partial charge is 0.378 e. The second kappa shape index (κ2) is 8.68. The summed E-state index contributed by atoms with van der Waals surface area (Å²) in [6.45, 7) is 7.17. The highest BCUT2D eigenvalue weighted by Crippen LogP contribution is 2.06. The first-order valence-corrected chi connectivity index (χ1v) is 5.67. The van der Waals surface area contributed by atoms with Crippen molar-refractivity contribution in [3.8, 4) is 0 Å². The van der Waals surface area contributed by atoms with Crippen LogP contribution in [-0.2, 0) is 9.53 Å². The monoisotopic (exact) mass is 216 g/mol.